The second-order valence-corrected chi connectivity index (χ2v) is 8.12. The lowest BCUT2D eigenvalue weighted by atomic mass is 9.84. The van der Waals surface area contributed by atoms with Crippen LogP contribution in [0.25, 0.3) is 0 Å². The Morgan fingerprint density at radius 3 is 2.44 bits per heavy atom. The van der Waals surface area contributed by atoms with Gasteiger partial charge in [-0.1, -0.05) is 42.5 Å². The van der Waals surface area contributed by atoms with E-state index in [2.05, 4.69) is 10.5 Å². The minimum absolute atomic E-state index is 0.309. The quantitative estimate of drug-likeness (QED) is 0.335. The highest BCUT2D eigenvalue weighted by Gasteiger charge is 2.29. The van der Waals surface area contributed by atoms with E-state index in [9.17, 15) is 14.4 Å². The first-order valence-corrected chi connectivity index (χ1v) is 10.9. The highest BCUT2D eigenvalue weighted by Crippen LogP contribution is 2.32. The molecule has 3 N–H and O–H groups in total. The highest BCUT2D eigenvalue weighted by atomic mass is 16.7. The Balaban J connectivity index is 1.97. The van der Waals surface area contributed by atoms with Crippen molar-refractivity contribution in [2.75, 3.05) is 20.6 Å². The number of nitrogens with two attached hydrogens (primary N) is 1. The first kappa shape index (κ1) is 24.6. The van der Waals surface area contributed by atoms with Crippen LogP contribution in [0.1, 0.15) is 33.0 Å². The number of pyridine rings is 1. The zero-order chi connectivity index (χ0) is 24.5. The highest BCUT2D eigenvalue weighted by molar-refractivity contribution is 6.37. The third kappa shape index (κ3) is 6.49. The molecule has 1 heterocycles. The lowest BCUT2D eigenvalue weighted by Gasteiger charge is -2.22. The fourth-order valence-electron chi connectivity index (χ4n) is 3.63. The normalized spacial score (nSPS) is 11.6. The molecule has 0 saturated carbocycles. The molecule has 0 fully saturated rings. The van der Waals surface area contributed by atoms with E-state index in [4.69, 9.17) is 10.6 Å². The van der Waals surface area contributed by atoms with E-state index >= 15 is 0 Å². The van der Waals surface area contributed by atoms with Gasteiger partial charge >= 0.3 is 0 Å². The number of hydrogen-bond acceptors (Lipinski definition) is 6. The molecule has 1 aromatic heterocycles. The van der Waals surface area contributed by atoms with Crippen LogP contribution in [0.2, 0.25) is 0 Å². The molecule has 3 rings (SSSR count). The lowest BCUT2D eigenvalue weighted by molar-refractivity contribution is -0.136. The molecule has 0 bridgehead atoms. The van der Waals surface area contributed by atoms with Gasteiger partial charge in [0.05, 0.1) is 11.5 Å². The molecular weight excluding hydrogens is 432 g/mol. The first-order valence-electron chi connectivity index (χ1n) is 10.9. The van der Waals surface area contributed by atoms with Crippen molar-refractivity contribution in [2.45, 2.75) is 18.8 Å². The molecule has 0 saturated heterocycles. The van der Waals surface area contributed by atoms with Gasteiger partial charge in [0.1, 0.15) is 0 Å². The van der Waals surface area contributed by atoms with Crippen LogP contribution < -0.4 is 16.1 Å². The zero-order valence-electron chi connectivity index (χ0n) is 19.2. The van der Waals surface area contributed by atoms with Gasteiger partial charge in [-0.05, 0) is 56.3 Å². The summed E-state index contributed by atoms with van der Waals surface area (Å²) in [6.45, 7) is 0.659. The molecule has 8 heteroatoms. The van der Waals surface area contributed by atoms with Gasteiger partial charge in [-0.25, -0.2) is 0 Å². The fourth-order valence-corrected chi connectivity index (χ4v) is 3.63. The van der Waals surface area contributed by atoms with Crippen molar-refractivity contribution in [3.8, 4) is 5.75 Å². The second-order valence-electron chi connectivity index (χ2n) is 8.12. The van der Waals surface area contributed by atoms with E-state index in [-0.39, 0.29) is 0 Å². The molecule has 8 nitrogen and oxygen atoms in total. The third-order valence-corrected chi connectivity index (χ3v) is 5.37. The Kier molecular flexibility index (Phi) is 8.48. The summed E-state index contributed by atoms with van der Waals surface area (Å²) >= 11 is 0. The van der Waals surface area contributed by atoms with Crippen molar-refractivity contribution in [2.24, 2.45) is 5.73 Å². The molecule has 34 heavy (non-hydrogen) atoms. The van der Waals surface area contributed by atoms with E-state index in [0.29, 0.717) is 36.3 Å². The number of hydrogen-bond donors (Lipinski definition) is 2. The summed E-state index contributed by atoms with van der Waals surface area (Å²) in [5, 5.41) is 0. The van der Waals surface area contributed by atoms with Crippen molar-refractivity contribution in [3.05, 3.63) is 95.3 Å². The van der Waals surface area contributed by atoms with Crippen LogP contribution in [0.3, 0.4) is 0 Å². The van der Waals surface area contributed by atoms with Crippen LogP contribution in [0.5, 0.6) is 5.75 Å². The van der Waals surface area contributed by atoms with Gasteiger partial charge < -0.3 is 15.5 Å². The Morgan fingerprint density at radius 2 is 1.79 bits per heavy atom. The maximum atomic E-state index is 12.9. The molecule has 0 radical (unpaired) electrons. The molecule has 0 aliphatic rings. The minimum Gasteiger partial charge on any atom is -0.379 e. The van der Waals surface area contributed by atoms with E-state index in [0.717, 1.165) is 11.1 Å². The van der Waals surface area contributed by atoms with E-state index < -0.39 is 23.5 Å². The molecule has 0 aliphatic carbocycles. The average Bonchev–Trinajstić information content (AvgIpc) is 2.85. The van der Waals surface area contributed by atoms with E-state index in [1.165, 1.54) is 6.20 Å². The predicted octanol–water partition coefficient (Wildman–Crippen LogP) is 2.29. The molecule has 1 unspecified atom stereocenters. The molecule has 1 atom stereocenters. The Bertz CT molecular complexity index is 1130. The molecular formula is C26H28N4O4. The van der Waals surface area contributed by atoms with Gasteiger partial charge in [0.2, 0.25) is 5.78 Å². The summed E-state index contributed by atoms with van der Waals surface area (Å²) in [7, 11) is 3.87. The predicted molar refractivity (Wildman–Crippen MR) is 128 cm³/mol. The van der Waals surface area contributed by atoms with Crippen molar-refractivity contribution < 1.29 is 19.2 Å². The van der Waals surface area contributed by atoms with Crippen molar-refractivity contribution in [1.82, 2.24) is 15.4 Å². The number of Topliss-reactive ketones (excluding diaryl/α,β-unsaturated/α-hetero) is 1. The number of carbonyl (C=O) groups is 3. The Labute approximate surface area is 198 Å². The summed E-state index contributed by atoms with van der Waals surface area (Å²) in [5.41, 5.74) is 10.5. The summed E-state index contributed by atoms with van der Waals surface area (Å²) in [5.74, 6) is -2.50. The maximum absolute atomic E-state index is 12.9. The van der Waals surface area contributed by atoms with E-state index in [1.807, 2.05) is 49.3 Å². The van der Waals surface area contributed by atoms with Crippen molar-refractivity contribution in [1.29, 1.82) is 0 Å². The standard InChI is InChI=1S/C26H28N4O4/c1-30(2)15-13-21-20(22(24(31)25(27)32)16-18-8-4-3-5-9-18)11-6-12-23(21)34-29-26(33)19-10-7-14-28-17-19/h3-12,14,17,22H,13,15-16H2,1-2H3,(H2,27,32)(H,29,33). The number of carbonyl (C=O) groups excluding carboxylic acids is 3. The molecule has 2 aromatic carbocycles. The summed E-state index contributed by atoms with van der Waals surface area (Å²) in [6, 6.07) is 18.0. The van der Waals surface area contributed by atoms with Gasteiger partial charge in [-0.3, -0.25) is 19.4 Å². The smallest absolute Gasteiger partial charge is 0.285 e. The minimum atomic E-state index is -0.990. The second kappa shape index (κ2) is 11.7. The number of primary amides is 1. The topological polar surface area (TPSA) is 115 Å². The monoisotopic (exact) mass is 460 g/mol. The third-order valence-electron chi connectivity index (χ3n) is 5.37. The molecule has 2 amide bonds. The largest absolute Gasteiger partial charge is 0.379 e. The van der Waals surface area contributed by atoms with Gasteiger partial charge in [0, 0.05) is 24.5 Å². The molecule has 3 aromatic rings. The summed E-state index contributed by atoms with van der Waals surface area (Å²) in [4.78, 5) is 48.9. The number of benzene rings is 2. The number of ketones is 1. The fraction of sp³-hybridized carbons (Fsp3) is 0.231. The zero-order valence-corrected chi connectivity index (χ0v) is 19.2. The lowest BCUT2D eigenvalue weighted by Crippen LogP contribution is -2.31. The number of nitrogens with one attached hydrogen (secondary N) is 1. The number of amides is 2. The van der Waals surface area contributed by atoms with Crippen molar-refractivity contribution in [3.63, 3.8) is 0 Å². The molecule has 176 valence electrons. The van der Waals surface area contributed by atoms with E-state index in [1.54, 1.807) is 36.5 Å². The SMILES string of the molecule is CN(C)CCc1c(ONC(=O)c2cccnc2)cccc1C(Cc1ccccc1)C(=O)C(N)=O. The molecule has 0 aliphatic heterocycles. The van der Waals surface area contributed by atoms with Crippen LogP contribution in [-0.2, 0) is 22.4 Å². The van der Waals surface area contributed by atoms with Crippen LogP contribution in [0.15, 0.2) is 73.1 Å². The van der Waals surface area contributed by atoms with Crippen LogP contribution >= 0.6 is 0 Å². The number of hydroxylamine groups is 1. The van der Waals surface area contributed by atoms with Crippen LogP contribution in [0, 0.1) is 0 Å². The van der Waals surface area contributed by atoms with Gasteiger partial charge in [0.15, 0.2) is 5.75 Å². The Hall–Kier alpha value is -4.04. The summed E-state index contributed by atoms with van der Waals surface area (Å²) < 4.78 is 0. The average molecular weight is 461 g/mol. The number of nitrogens with zero attached hydrogens (tertiary/aromatic N) is 2. The number of aromatic nitrogens is 1. The van der Waals surface area contributed by atoms with Crippen LogP contribution in [0.4, 0.5) is 0 Å². The van der Waals surface area contributed by atoms with Crippen LogP contribution in [-0.4, -0.2) is 48.1 Å². The van der Waals surface area contributed by atoms with Gasteiger partial charge in [0.25, 0.3) is 11.8 Å². The van der Waals surface area contributed by atoms with Crippen molar-refractivity contribution >= 4 is 17.6 Å². The Morgan fingerprint density at radius 1 is 1.03 bits per heavy atom. The van der Waals surface area contributed by atoms with Gasteiger partial charge in [-0.15, -0.1) is 0 Å². The van der Waals surface area contributed by atoms with Gasteiger partial charge in [-0.2, -0.15) is 5.48 Å². The number of rotatable bonds is 11. The maximum Gasteiger partial charge on any atom is 0.285 e. The molecule has 0 spiro atoms. The summed E-state index contributed by atoms with van der Waals surface area (Å²) in [6.07, 6.45) is 3.84. The number of likely N-dealkylation sites (N-methyl/N-ethyl adjacent to an activating group) is 1. The first-order chi connectivity index (χ1) is 16.4.